The lowest BCUT2D eigenvalue weighted by Crippen LogP contribution is -2.28. The molecule has 0 bridgehead atoms. The summed E-state index contributed by atoms with van der Waals surface area (Å²) in [6, 6.07) is 0. The van der Waals surface area contributed by atoms with Crippen molar-refractivity contribution in [3.8, 4) is 0 Å². The SMILES string of the molecule is CCC(CCN(CC)CC1CC1)C(C)C. The number of hydrogen-bond donors (Lipinski definition) is 0. The summed E-state index contributed by atoms with van der Waals surface area (Å²) in [5, 5.41) is 0. The van der Waals surface area contributed by atoms with Gasteiger partial charge in [-0.25, -0.2) is 0 Å². The van der Waals surface area contributed by atoms with Crippen LogP contribution in [-0.4, -0.2) is 24.5 Å². The van der Waals surface area contributed by atoms with Crippen molar-refractivity contribution in [1.29, 1.82) is 0 Å². The fourth-order valence-corrected chi connectivity index (χ4v) is 2.40. The van der Waals surface area contributed by atoms with E-state index in [4.69, 9.17) is 0 Å². The molecule has 1 heteroatoms. The molecule has 1 fully saturated rings. The Morgan fingerprint density at radius 2 is 1.87 bits per heavy atom. The summed E-state index contributed by atoms with van der Waals surface area (Å²) in [5.74, 6) is 2.83. The van der Waals surface area contributed by atoms with Crippen molar-refractivity contribution in [3.63, 3.8) is 0 Å². The van der Waals surface area contributed by atoms with Crippen molar-refractivity contribution >= 4 is 0 Å². The molecule has 90 valence electrons. The van der Waals surface area contributed by atoms with Gasteiger partial charge in [0.25, 0.3) is 0 Å². The highest BCUT2D eigenvalue weighted by molar-refractivity contribution is 4.77. The van der Waals surface area contributed by atoms with Gasteiger partial charge < -0.3 is 4.90 Å². The zero-order chi connectivity index (χ0) is 11.3. The zero-order valence-electron chi connectivity index (χ0n) is 11.1. The van der Waals surface area contributed by atoms with Crippen molar-refractivity contribution in [2.45, 2.75) is 53.4 Å². The summed E-state index contributed by atoms with van der Waals surface area (Å²) in [6.07, 6.45) is 5.71. The Bertz CT molecular complexity index is 161. The van der Waals surface area contributed by atoms with Crippen LogP contribution in [0, 0.1) is 17.8 Å². The minimum atomic E-state index is 0.856. The average Bonchev–Trinajstić information content (AvgIpc) is 3.00. The summed E-state index contributed by atoms with van der Waals surface area (Å²) in [7, 11) is 0. The van der Waals surface area contributed by atoms with Crippen molar-refractivity contribution in [3.05, 3.63) is 0 Å². The lowest BCUT2D eigenvalue weighted by Gasteiger charge is -2.25. The van der Waals surface area contributed by atoms with Crippen LogP contribution < -0.4 is 0 Å². The van der Waals surface area contributed by atoms with Gasteiger partial charge in [0, 0.05) is 6.54 Å². The maximum absolute atomic E-state index is 2.66. The molecule has 1 saturated carbocycles. The largest absolute Gasteiger partial charge is 0.303 e. The van der Waals surface area contributed by atoms with Crippen LogP contribution in [0.15, 0.2) is 0 Å². The van der Waals surface area contributed by atoms with E-state index in [0.29, 0.717) is 0 Å². The second kappa shape index (κ2) is 6.52. The van der Waals surface area contributed by atoms with Gasteiger partial charge in [0.1, 0.15) is 0 Å². The normalized spacial score (nSPS) is 18.8. The van der Waals surface area contributed by atoms with E-state index in [0.717, 1.165) is 17.8 Å². The Labute approximate surface area is 96.2 Å². The zero-order valence-corrected chi connectivity index (χ0v) is 11.1. The lowest BCUT2D eigenvalue weighted by atomic mass is 9.90. The molecule has 0 amide bonds. The van der Waals surface area contributed by atoms with Gasteiger partial charge >= 0.3 is 0 Å². The molecule has 0 aliphatic heterocycles. The van der Waals surface area contributed by atoms with E-state index in [-0.39, 0.29) is 0 Å². The first-order chi connectivity index (χ1) is 7.17. The molecule has 1 aliphatic rings. The van der Waals surface area contributed by atoms with Gasteiger partial charge in [-0.05, 0) is 50.1 Å². The Balaban J connectivity index is 2.18. The molecule has 0 heterocycles. The first-order valence-corrected chi connectivity index (χ1v) is 6.89. The van der Waals surface area contributed by atoms with Gasteiger partial charge in [-0.15, -0.1) is 0 Å². The molecule has 0 saturated heterocycles. The van der Waals surface area contributed by atoms with E-state index in [1.54, 1.807) is 0 Å². The number of rotatable bonds is 8. The van der Waals surface area contributed by atoms with Crippen LogP contribution in [0.1, 0.15) is 53.4 Å². The minimum absolute atomic E-state index is 0.856. The van der Waals surface area contributed by atoms with Crippen LogP contribution >= 0.6 is 0 Å². The molecular formula is C14H29N. The molecular weight excluding hydrogens is 182 g/mol. The topological polar surface area (TPSA) is 3.24 Å². The summed E-state index contributed by atoms with van der Waals surface area (Å²) >= 11 is 0. The maximum Gasteiger partial charge on any atom is 0.000954 e. The minimum Gasteiger partial charge on any atom is -0.303 e. The van der Waals surface area contributed by atoms with Crippen LogP contribution in [-0.2, 0) is 0 Å². The molecule has 0 N–H and O–H groups in total. The Hall–Kier alpha value is -0.0400. The highest BCUT2D eigenvalue weighted by Gasteiger charge is 2.23. The van der Waals surface area contributed by atoms with Crippen molar-refractivity contribution in [1.82, 2.24) is 4.90 Å². The van der Waals surface area contributed by atoms with Gasteiger partial charge in [0.05, 0.1) is 0 Å². The first-order valence-electron chi connectivity index (χ1n) is 6.89. The Morgan fingerprint density at radius 1 is 1.20 bits per heavy atom. The standard InChI is InChI=1S/C14H29N/c1-5-14(12(3)4)9-10-15(6-2)11-13-7-8-13/h12-14H,5-11H2,1-4H3. The smallest absolute Gasteiger partial charge is 0.000954 e. The first kappa shape index (κ1) is 13.0. The summed E-state index contributed by atoms with van der Waals surface area (Å²) < 4.78 is 0. The summed E-state index contributed by atoms with van der Waals surface area (Å²) in [4.78, 5) is 2.66. The van der Waals surface area contributed by atoms with Crippen LogP contribution in [0.3, 0.4) is 0 Å². The van der Waals surface area contributed by atoms with Gasteiger partial charge in [0.2, 0.25) is 0 Å². The monoisotopic (exact) mass is 211 g/mol. The molecule has 0 spiro atoms. The van der Waals surface area contributed by atoms with Gasteiger partial charge in [-0.1, -0.05) is 34.1 Å². The van der Waals surface area contributed by atoms with Crippen LogP contribution in [0.25, 0.3) is 0 Å². The fraction of sp³-hybridized carbons (Fsp3) is 1.00. The quantitative estimate of drug-likeness (QED) is 0.590. The van der Waals surface area contributed by atoms with Crippen molar-refractivity contribution in [2.75, 3.05) is 19.6 Å². The molecule has 0 radical (unpaired) electrons. The van der Waals surface area contributed by atoms with Gasteiger partial charge in [0.15, 0.2) is 0 Å². The van der Waals surface area contributed by atoms with Gasteiger partial charge in [-0.2, -0.15) is 0 Å². The Morgan fingerprint density at radius 3 is 2.27 bits per heavy atom. The van der Waals surface area contributed by atoms with E-state index >= 15 is 0 Å². The molecule has 1 unspecified atom stereocenters. The van der Waals surface area contributed by atoms with E-state index in [9.17, 15) is 0 Å². The molecule has 1 atom stereocenters. The van der Waals surface area contributed by atoms with Crippen LogP contribution in [0.2, 0.25) is 0 Å². The molecule has 0 aromatic heterocycles. The Kier molecular flexibility index (Phi) is 5.66. The third-order valence-electron chi connectivity index (χ3n) is 3.94. The highest BCUT2D eigenvalue weighted by atomic mass is 15.1. The van der Waals surface area contributed by atoms with Crippen LogP contribution in [0.4, 0.5) is 0 Å². The molecule has 1 nitrogen and oxygen atoms in total. The fourth-order valence-electron chi connectivity index (χ4n) is 2.40. The predicted octanol–water partition coefficient (Wildman–Crippen LogP) is 3.79. The number of hydrogen-bond acceptors (Lipinski definition) is 1. The maximum atomic E-state index is 2.66. The molecule has 15 heavy (non-hydrogen) atoms. The molecule has 0 aromatic rings. The molecule has 0 aromatic carbocycles. The van der Waals surface area contributed by atoms with E-state index in [1.165, 1.54) is 45.3 Å². The second-order valence-electron chi connectivity index (χ2n) is 5.54. The van der Waals surface area contributed by atoms with Crippen LogP contribution in [0.5, 0.6) is 0 Å². The average molecular weight is 211 g/mol. The van der Waals surface area contributed by atoms with Crippen molar-refractivity contribution < 1.29 is 0 Å². The van der Waals surface area contributed by atoms with Crippen molar-refractivity contribution in [2.24, 2.45) is 17.8 Å². The number of nitrogens with zero attached hydrogens (tertiary/aromatic N) is 1. The third-order valence-corrected chi connectivity index (χ3v) is 3.94. The lowest BCUT2D eigenvalue weighted by molar-refractivity contribution is 0.231. The summed E-state index contributed by atoms with van der Waals surface area (Å²) in [5.41, 5.74) is 0. The molecule has 1 rings (SSSR count). The summed E-state index contributed by atoms with van der Waals surface area (Å²) in [6.45, 7) is 13.3. The second-order valence-corrected chi connectivity index (χ2v) is 5.54. The van der Waals surface area contributed by atoms with Gasteiger partial charge in [-0.3, -0.25) is 0 Å². The molecule has 1 aliphatic carbocycles. The van der Waals surface area contributed by atoms with E-state index < -0.39 is 0 Å². The predicted molar refractivity (Wildman–Crippen MR) is 68.1 cm³/mol. The highest BCUT2D eigenvalue weighted by Crippen LogP contribution is 2.30. The van der Waals surface area contributed by atoms with E-state index in [1.807, 2.05) is 0 Å². The third kappa shape index (κ3) is 5.01. The van der Waals surface area contributed by atoms with E-state index in [2.05, 4.69) is 32.6 Å².